The molecule has 2 aromatic rings. The molecule has 0 radical (unpaired) electrons. The second-order valence-corrected chi connectivity index (χ2v) is 4.77. The van der Waals surface area contributed by atoms with Crippen LogP contribution in [0, 0.1) is 10.1 Å². The van der Waals surface area contributed by atoms with E-state index in [1.807, 2.05) is 0 Å². The lowest BCUT2D eigenvalue weighted by Crippen LogP contribution is -2.10. The van der Waals surface area contributed by atoms with E-state index in [4.69, 9.17) is 17.3 Å². The Bertz CT molecular complexity index is 686. The third kappa shape index (κ3) is 3.70. The minimum absolute atomic E-state index is 0.0480. The second kappa shape index (κ2) is 6.23. The Morgan fingerprint density at radius 1 is 1.24 bits per heavy atom. The number of hydrogen-bond donors (Lipinski definition) is 2. The molecule has 0 saturated heterocycles. The molecule has 0 unspecified atom stereocenters. The van der Waals surface area contributed by atoms with Crippen molar-refractivity contribution in [2.45, 2.75) is 6.54 Å². The monoisotopic (exact) mass is 305 g/mol. The van der Waals surface area contributed by atoms with Crippen molar-refractivity contribution >= 4 is 28.9 Å². The summed E-state index contributed by atoms with van der Waals surface area (Å²) in [6.07, 6.45) is 0. The maximum Gasteiger partial charge on any atom is 0.292 e. The number of benzene rings is 2. The lowest BCUT2D eigenvalue weighted by molar-refractivity contribution is -0.384. The van der Waals surface area contributed by atoms with Crippen LogP contribution >= 0.6 is 11.6 Å². The van der Waals surface area contributed by atoms with Gasteiger partial charge >= 0.3 is 0 Å². The molecule has 108 valence electrons. The van der Waals surface area contributed by atoms with E-state index in [0.717, 1.165) is 5.56 Å². The largest absolute Gasteiger partial charge is 0.375 e. The summed E-state index contributed by atoms with van der Waals surface area (Å²) < 4.78 is 0. The first-order valence-electron chi connectivity index (χ1n) is 6.04. The second-order valence-electron chi connectivity index (χ2n) is 4.33. The number of nitrogens with one attached hydrogen (secondary N) is 1. The highest BCUT2D eigenvalue weighted by Gasteiger charge is 2.13. The molecule has 0 aliphatic heterocycles. The Hall–Kier alpha value is -2.60. The number of nitro groups is 1. The van der Waals surface area contributed by atoms with Crippen molar-refractivity contribution in [2.75, 3.05) is 5.32 Å². The predicted octanol–water partition coefficient (Wildman–Crippen LogP) is 2.96. The lowest BCUT2D eigenvalue weighted by Gasteiger charge is -2.08. The van der Waals surface area contributed by atoms with E-state index >= 15 is 0 Å². The summed E-state index contributed by atoms with van der Waals surface area (Å²) in [5.41, 5.74) is 6.71. The van der Waals surface area contributed by atoms with Crippen LogP contribution in [0.3, 0.4) is 0 Å². The third-order valence-electron chi connectivity index (χ3n) is 2.88. The zero-order chi connectivity index (χ0) is 15.4. The summed E-state index contributed by atoms with van der Waals surface area (Å²) in [5.74, 6) is -0.500. The number of amides is 1. The van der Waals surface area contributed by atoms with Crippen LogP contribution in [-0.4, -0.2) is 10.8 Å². The van der Waals surface area contributed by atoms with Crippen LogP contribution in [0.5, 0.6) is 0 Å². The van der Waals surface area contributed by atoms with Gasteiger partial charge in [-0.1, -0.05) is 23.7 Å². The van der Waals surface area contributed by atoms with Gasteiger partial charge in [-0.2, -0.15) is 0 Å². The Morgan fingerprint density at radius 2 is 1.90 bits per heavy atom. The Labute approximate surface area is 125 Å². The van der Waals surface area contributed by atoms with E-state index in [1.165, 1.54) is 18.2 Å². The van der Waals surface area contributed by atoms with E-state index in [-0.39, 0.29) is 5.69 Å². The molecule has 0 saturated carbocycles. The number of anilines is 1. The quantitative estimate of drug-likeness (QED) is 0.655. The number of nitrogens with zero attached hydrogens (tertiary/aromatic N) is 1. The highest BCUT2D eigenvalue weighted by atomic mass is 35.5. The number of nitrogens with two attached hydrogens (primary N) is 1. The number of halogens is 1. The third-order valence-corrected chi connectivity index (χ3v) is 3.11. The van der Waals surface area contributed by atoms with Crippen LogP contribution in [0.1, 0.15) is 15.9 Å². The maximum atomic E-state index is 11.0. The average Bonchev–Trinajstić information content (AvgIpc) is 2.45. The molecule has 0 spiro atoms. The predicted molar refractivity (Wildman–Crippen MR) is 80.4 cm³/mol. The van der Waals surface area contributed by atoms with Crippen LogP contribution < -0.4 is 11.1 Å². The molecule has 7 heteroatoms. The van der Waals surface area contributed by atoms with E-state index < -0.39 is 10.8 Å². The molecule has 2 aromatic carbocycles. The van der Waals surface area contributed by atoms with Crippen LogP contribution in [0.25, 0.3) is 0 Å². The molecule has 0 aromatic heterocycles. The normalized spacial score (nSPS) is 10.1. The topological polar surface area (TPSA) is 98.3 Å². The highest BCUT2D eigenvalue weighted by molar-refractivity contribution is 6.31. The average molecular weight is 306 g/mol. The number of hydrogen-bond acceptors (Lipinski definition) is 4. The summed E-state index contributed by atoms with van der Waals surface area (Å²) in [6, 6.07) is 11.0. The number of primary amides is 1. The number of rotatable bonds is 5. The van der Waals surface area contributed by atoms with Crippen LogP contribution in [0.15, 0.2) is 42.5 Å². The van der Waals surface area contributed by atoms with E-state index in [0.29, 0.717) is 22.8 Å². The van der Waals surface area contributed by atoms with Gasteiger partial charge in [0.05, 0.1) is 4.92 Å². The van der Waals surface area contributed by atoms with Gasteiger partial charge in [0.1, 0.15) is 5.69 Å². The van der Waals surface area contributed by atoms with Gasteiger partial charge in [0.15, 0.2) is 0 Å². The van der Waals surface area contributed by atoms with Crippen molar-refractivity contribution in [3.63, 3.8) is 0 Å². The molecule has 21 heavy (non-hydrogen) atoms. The van der Waals surface area contributed by atoms with Gasteiger partial charge in [-0.05, 0) is 29.8 Å². The molecule has 0 bridgehead atoms. The highest BCUT2D eigenvalue weighted by Crippen LogP contribution is 2.28. The molecule has 6 nitrogen and oxygen atoms in total. The minimum Gasteiger partial charge on any atom is -0.375 e. The Morgan fingerprint density at radius 3 is 2.48 bits per heavy atom. The molecule has 0 heterocycles. The SMILES string of the molecule is NC(=O)c1ccc(CNc2cc(Cl)ccc2[N+](=O)[O-])cc1. The molecule has 1 amide bonds. The smallest absolute Gasteiger partial charge is 0.292 e. The summed E-state index contributed by atoms with van der Waals surface area (Å²) in [7, 11) is 0. The van der Waals surface area contributed by atoms with E-state index in [2.05, 4.69) is 5.32 Å². The number of carbonyl (C=O) groups is 1. The fraction of sp³-hybridized carbons (Fsp3) is 0.0714. The van der Waals surface area contributed by atoms with Gasteiger partial charge < -0.3 is 11.1 Å². The zero-order valence-corrected chi connectivity index (χ0v) is 11.6. The van der Waals surface area contributed by atoms with Crippen LogP contribution in [0.2, 0.25) is 5.02 Å². The first-order chi connectivity index (χ1) is 9.97. The summed E-state index contributed by atoms with van der Waals surface area (Å²) in [4.78, 5) is 21.4. The maximum absolute atomic E-state index is 11.0. The lowest BCUT2D eigenvalue weighted by atomic mass is 10.1. The van der Waals surface area contributed by atoms with Crippen molar-refractivity contribution in [3.05, 3.63) is 68.7 Å². The molecule has 0 fully saturated rings. The summed E-state index contributed by atoms with van der Waals surface area (Å²) >= 11 is 5.84. The van der Waals surface area contributed by atoms with Crippen LogP contribution in [0.4, 0.5) is 11.4 Å². The molecular weight excluding hydrogens is 294 g/mol. The zero-order valence-electron chi connectivity index (χ0n) is 10.9. The van der Waals surface area contributed by atoms with Gasteiger partial charge in [0, 0.05) is 23.2 Å². The van der Waals surface area contributed by atoms with Crippen molar-refractivity contribution < 1.29 is 9.72 Å². The standard InChI is InChI=1S/C14H12ClN3O3/c15-11-5-6-13(18(20)21)12(7-11)17-8-9-1-3-10(4-2-9)14(16)19/h1-7,17H,8H2,(H2,16,19). The molecular formula is C14H12ClN3O3. The fourth-order valence-electron chi connectivity index (χ4n) is 1.79. The van der Waals surface area contributed by atoms with Gasteiger partial charge in [-0.25, -0.2) is 0 Å². The fourth-order valence-corrected chi connectivity index (χ4v) is 1.97. The van der Waals surface area contributed by atoms with Gasteiger partial charge in [0.25, 0.3) is 5.69 Å². The van der Waals surface area contributed by atoms with Gasteiger partial charge in [-0.3, -0.25) is 14.9 Å². The van der Waals surface area contributed by atoms with E-state index in [9.17, 15) is 14.9 Å². The first-order valence-corrected chi connectivity index (χ1v) is 6.42. The number of nitro benzene ring substituents is 1. The molecule has 3 N–H and O–H groups in total. The van der Waals surface area contributed by atoms with Crippen molar-refractivity contribution in [1.29, 1.82) is 0 Å². The Kier molecular flexibility index (Phi) is 4.39. The van der Waals surface area contributed by atoms with Crippen molar-refractivity contribution in [1.82, 2.24) is 0 Å². The molecule has 0 aliphatic rings. The Balaban J connectivity index is 2.14. The van der Waals surface area contributed by atoms with Crippen molar-refractivity contribution in [2.24, 2.45) is 5.73 Å². The molecule has 0 atom stereocenters. The van der Waals surface area contributed by atoms with Crippen LogP contribution in [-0.2, 0) is 6.54 Å². The van der Waals surface area contributed by atoms with Gasteiger partial charge in [-0.15, -0.1) is 0 Å². The molecule has 0 aliphatic carbocycles. The van der Waals surface area contributed by atoms with E-state index in [1.54, 1.807) is 24.3 Å². The van der Waals surface area contributed by atoms with Gasteiger partial charge in [0.2, 0.25) is 5.91 Å². The number of carbonyl (C=O) groups excluding carboxylic acids is 1. The van der Waals surface area contributed by atoms with Crippen molar-refractivity contribution in [3.8, 4) is 0 Å². The summed E-state index contributed by atoms with van der Waals surface area (Å²) in [6.45, 7) is 0.361. The summed E-state index contributed by atoms with van der Waals surface area (Å²) in [5, 5.41) is 14.3. The first kappa shape index (κ1) is 14.8. The minimum atomic E-state index is -0.500. The molecule has 2 rings (SSSR count).